The van der Waals surface area contributed by atoms with E-state index in [9.17, 15) is 0 Å². The third kappa shape index (κ3) is 3.49. The van der Waals surface area contributed by atoms with Gasteiger partial charge in [-0.2, -0.15) is 11.8 Å². The highest BCUT2D eigenvalue weighted by atomic mass is 32.2. The molecule has 100 valence electrons. The summed E-state index contributed by atoms with van der Waals surface area (Å²) in [7, 11) is 3.54. The molecule has 1 fully saturated rings. The van der Waals surface area contributed by atoms with Crippen molar-refractivity contribution >= 4 is 23.4 Å². The number of hydrogen-bond donors (Lipinski definition) is 1. The molecule has 0 spiro atoms. The van der Waals surface area contributed by atoms with Crippen LogP contribution < -0.4 is 10.2 Å². The van der Waals surface area contributed by atoms with Crippen LogP contribution in [0.2, 0.25) is 0 Å². The number of hydrogen-bond acceptors (Lipinski definition) is 6. The molecule has 0 aromatic carbocycles. The van der Waals surface area contributed by atoms with Crippen LogP contribution in [0.5, 0.6) is 0 Å². The van der Waals surface area contributed by atoms with E-state index in [2.05, 4.69) is 20.2 Å². The van der Waals surface area contributed by atoms with Gasteiger partial charge in [0.25, 0.3) is 0 Å². The molecule has 0 unspecified atom stereocenters. The first-order valence-corrected chi connectivity index (χ1v) is 7.36. The average Bonchev–Trinajstić information content (AvgIpc) is 2.67. The molecule has 5 nitrogen and oxygen atoms in total. The SMILES string of the molecule is CNc1cc(N2CCCSCC2)nc(COC)n1. The molecule has 6 heteroatoms. The summed E-state index contributed by atoms with van der Waals surface area (Å²) < 4.78 is 5.12. The molecule has 18 heavy (non-hydrogen) atoms. The zero-order valence-electron chi connectivity index (χ0n) is 11.0. The third-order valence-corrected chi connectivity index (χ3v) is 3.88. The molecule has 0 saturated carbocycles. The molecule has 1 aliphatic rings. The van der Waals surface area contributed by atoms with E-state index in [1.165, 1.54) is 17.9 Å². The Morgan fingerprint density at radius 2 is 2.28 bits per heavy atom. The Balaban J connectivity index is 2.21. The maximum atomic E-state index is 5.12. The lowest BCUT2D eigenvalue weighted by Gasteiger charge is -2.22. The molecule has 0 radical (unpaired) electrons. The molecule has 1 aromatic heterocycles. The molecule has 2 rings (SSSR count). The minimum absolute atomic E-state index is 0.450. The van der Waals surface area contributed by atoms with Gasteiger partial charge in [-0.05, 0) is 12.2 Å². The van der Waals surface area contributed by atoms with Gasteiger partial charge in [-0.3, -0.25) is 0 Å². The first-order chi connectivity index (χ1) is 8.83. The first kappa shape index (κ1) is 13.4. The summed E-state index contributed by atoms with van der Waals surface area (Å²) in [4.78, 5) is 11.3. The molecule has 2 heterocycles. The van der Waals surface area contributed by atoms with Crippen molar-refractivity contribution in [3.05, 3.63) is 11.9 Å². The van der Waals surface area contributed by atoms with Crippen molar-refractivity contribution in [2.24, 2.45) is 0 Å². The standard InChI is InChI=1S/C12H20N4OS/c1-13-10-8-12(15-11(14-10)9-17-2)16-4-3-6-18-7-5-16/h8H,3-7,9H2,1-2H3,(H,13,14,15). The van der Waals surface area contributed by atoms with Gasteiger partial charge in [0.2, 0.25) is 0 Å². The highest BCUT2D eigenvalue weighted by Gasteiger charge is 2.13. The van der Waals surface area contributed by atoms with Crippen molar-refractivity contribution in [1.82, 2.24) is 9.97 Å². The minimum Gasteiger partial charge on any atom is -0.377 e. The summed E-state index contributed by atoms with van der Waals surface area (Å²) in [5, 5.41) is 3.08. The van der Waals surface area contributed by atoms with E-state index in [1.807, 2.05) is 24.9 Å². The normalized spacial score (nSPS) is 16.4. The van der Waals surface area contributed by atoms with Crippen LogP contribution in [0.25, 0.3) is 0 Å². The van der Waals surface area contributed by atoms with Crippen LogP contribution in [0.3, 0.4) is 0 Å². The number of nitrogens with zero attached hydrogens (tertiary/aromatic N) is 3. The lowest BCUT2D eigenvalue weighted by atomic mass is 10.3. The van der Waals surface area contributed by atoms with E-state index in [1.54, 1.807) is 7.11 Å². The smallest absolute Gasteiger partial charge is 0.158 e. The summed E-state index contributed by atoms with van der Waals surface area (Å²) in [5.41, 5.74) is 0. The average molecular weight is 268 g/mol. The van der Waals surface area contributed by atoms with Crippen LogP contribution >= 0.6 is 11.8 Å². The zero-order chi connectivity index (χ0) is 12.8. The van der Waals surface area contributed by atoms with Crippen LogP contribution in [0.4, 0.5) is 11.6 Å². The molecular formula is C12H20N4OS. The van der Waals surface area contributed by atoms with E-state index < -0.39 is 0 Å². The molecule has 0 amide bonds. The number of ether oxygens (including phenoxy) is 1. The largest absolute Gasteiger partial charge is 0.377 e. The Labute approximate surface area is 112 Å². The van der Waals surface area contributed by atoms with Gasteiger partial charge >= 0.3 is 0 Å². The summed E-state index contributed by atoms with van der Waals surface area (Å²) >= 11 is 2.01. The molecule has 1 N–H and O–H groups in total. The van der Waals surface area contributed by atoms with Gasteiger partial charge in [-0.25, -0.2) is 9.97 Å². The number of anilines is 2. The Bertz CT molecular complexity index is 380. The van der Waals surface area contributed by atoms with Crippen molar-refractivity contribution in [3.63, 3.8) is 0 Å². The Hall–Kier alpha value is -1.01. The number of aromatic nitrogens is 2. The first-order valence-electron chi connectivity index (χ1n) is 6.21. The molecule has 0 atom stereocenters. The van der Waals surface area contributed by atoms with Gasteiger partial charge in [0, 0.05) is 39.1 Å². The van der Waals surface area contributed by atoms with E-state index in [0.29, 0.717) is 6.61 Å². The van der Waals surface area contributed by atoms with Crippen LogP contribution in [0.15, 0.2) is 6.07 Å². The maximum absolute atomic E-state index is 5.12. The summed E-state index contributed by atoms with van der Waals surface area (Å²) in [5.74, 6) is 4.99. The second-order valence-corrected chi connectivity index (χ2v) is 5.39. The molecule has 1 aromatic rings. The van der Waals surface area contributed by atoms with Gasteiger partial charge in [-0.1, -0.05) is 0 Å². The second-order valence-electron chi connectivity index (χ2n) is 4.16. The number of thioether (sulfide) groups is 1. The zero-order valence-corrected chi connectivity index (χ0v) is 11.8. The second kappa shape index (κ2) is 6.80. The number of rotatable bonds is 4. The molecule has 0 aliphatic carbocycles. The van der Waals surface area contributed by atoms with Crippen molar-refractivity contribution in [2.75, 3.05) is 49.0 Å². The summed E-state index contributed by atoms with van der Waals surface area (Å²) in [6, 6.07) is 2.01. The van der Waals surface area contributed by atoms with Crippen molar-refractivity contribution in [3.8, 4) is 0 Å². The molecular weight excluding hydrogens is 248 g/mol. The summed E-state index contributed by atoms with van der Waals surface area (Å²) in [6.45, 7) is 2.57. The predicted molar refractivity (Wildman–Crippen MR) is 76.4 cm³/mol. The fourth-order valence-corrected chi connectivity index (χ4v) is 2.83. The molecule has 1 saturated heterocycles. The molecule has 0 bridgehead atoms. The van der Waals surface area contributed by atoms with Crippen molar-refractivity contribution < 1.29 is 4.74 Å². The van der Waals surface area contributed by atoms with Crippen LogP contribution in [-0.4, -0.2) is 48.7 Å². The Kier molecular flexibility index (Phi) is 5.07. The van der Waals surface area contributed by atoms with Gasteiger partial charge in [0.1, 0.15) is 18.2 Å². The Morgan fingerprint density at radius 1 is 1.39 bits per heavy atom. The quantitative estimate of drug-likeness (QED) is 0.895. The van der Waals surface area contributed by atoms with Gasteiger partial charge in [0.15, 0.2) is 5.82 Å². The molecule has 1 aliphatic heterocycles. The topological polar surface area (TPSA) is 50.3 Å². The van der Waals surface area contributed by atoms with Crippen LogP contribution in [0.1, 0.15) is 12.2 Å². The van der Waals surface area contributed by atoms with Gasteiger partial charge in [-0.15, -0.1) is 0 Å². The number of nitrogens with one attached hydrogen (secondary N) is 1. The predicted octanol–water partition coefficient (Wildman–Crippen LogP) is 1.61. The van der Waals surface area contributed by atoms with Gasteiger partial charge < -0.3 is 15.0 Å². The van der Waals surface area contributed by atoms with E-state index >= 15 is 0 Å². The van der Waals surface area contributed by atoms with E-state index in [-0.39, 0.29) is 0 Å². The maximum Gasteiger partial charge on any atom is 0.158 e. The number of methoxy groups -OCH3 is 1. The van der Waals surface area contributed by atoms with Gasteiger partial charge in [0.05, 0.1) is 0 Å². The van der Waals surface area contributed by atoms with E-state index in [0.717, 1.165) is 30.5 Å². The lowest BCUT2D eigenvalue weighted by Crippen LogP contribution is -2.27. The van der Waals surface area contributed by atoms with Crippen LogP contribution in [0, 0.1) is 0 Å². The minimum atomic E-state index is 0.450. The van der Waals surface area contributed by atoms with Crippen molar-refractivity contribution in [2.45, 2.75) is 13.0 Å². The Morgan fingerprint density at radius 3 is 3.06 bits per heavy atom. The highest BCUT2D eigenvalue weighted by molar-refractivity contribution is 7.99. The lowest BCUT2D eigenvalue weighted by molar-refractivity contribution is 0.178. The highest BCUT2D eigenvalue weighted by Crippen LogP contribution is 2.20. The fourth-order valence-electron chi connectivity index (χ4n) is 1.94. The summed E-state index contributed by atoms with van der Waals surface area (Å²) in [6.07, 6.45) is 1.21. The fraction of sp³-hybridized carbons (Fsp3) is 0.667. The van der Waals surface area contributed by atoms with Crippen molar-refractivity contribution in [1.29, 1.82) is 0 Å². The van der Waals surface area contributed by atoms with Crippen LogP contribution in [-0.2, 0) is 11.3 Å². The van der Waals surface area contributed by atoms with E-state index in [4.69, 9.17) is 4.74 Å². The third-order valence-electron chi connectivity index (χ3n) is 2.83. The monoisotopic (exact) mass is 268 g/mol.